The zero-order valence-corrected chi connectivity index (χ0v) is 20.2. The number of hydrogen-bond donors (Lipinski definition) is 2. The predicted molar refractivity (Wildman–Crippen MR) is 130 cm³/mol. The van der Waals surface area contributed by atoms with Crippen molar-refractivity contribution < 1.29 is 9.00 Å². The Hall–Kier alpha value is -1.94. The van der Waals surface area contributed by atoms with Crippen LogP contribution in [0.1, 0.15) is 22.8 Å². The van der Waals surface area contributed by atoms with Crippen molar-refractivity contribution in [2.45, 2.75) is 18.4 Å². The summed E-state index contributed by atoms with van der Waals surface area (Å²) in [6.07, 6.45) is 0. The summed E-state index contributed by atoms with van der Waals surface area (Å²) < 4.78 is 12.3. The highest BCUT2D eigenvalue weighted by molar-refractivity contribution is 14.0. The fourth-order valence-electron chi connectivity index (χ4n) is 2.48. The Kier molecular flexibility index (Phi) is 11.5. The lowest BCUT2D eigenvalue weighted by Gasteiger charge is -2.12. The van der Waals surface area contributed by atoms with Gasteiger partial charge in [-0.05, 0) is 36.8 Å². The first kappa shape index (κ1) is 25.1. The van der Waals surface area contributed by atoms with E-state index in [0.29, 0.717) is 30.4 Å². The molecular weight excluding hydrogens is 499 g/mol. The van der Waals surface area contributed by atoms with Crippen molar-refractivity contribution in [2.24, 2.45) is 4.99 Å². The summed E-state index contributed by atoms with van der Waals surface area (Å²) in [4.78, 5) is 18.9. The molecule has 0 spiro atoms. The SMILES string of the molecule is CCNC(=NCc1ccc(C(=O)N(C)C)cc1)NCCS(=O)c1ccccc1.I. The normalized spacial score (nSPS) is 11.9. The van der Waals surface area contributed by atoms with Gasteiger partial charge in [0.25, 0.3) is 5.91 Å². The van der Waals surface area contributed by atoms with Gasteiger partial charge in [-0.2, -0.15) is 0 Å². The molecule has 0 aromatic heterocycles. The average Bonchev–Trinajstić information content (AvgIpc) is 2.72. The minimum absolute atomic E-state index is 0. The van der Waals surface area contributed by atoms with Crippen LogP contribution in [0.2, 0.25) is 0 Å². The molecule has 1 unspecified atom stereocenters. The smallest absolute Gasteiger partial charge is 0.253 e. The van der Waals surface area contributed by atoms with E-state index in [9.17, 15) is 9.00 Å². The number of nitrogens with one attached hydrogen (secondary N) is 2. The minimum atomic E-state index is -1.04. The van der Waals surface area contributed by atoms with E-state index in [4.69, 9.17) is 0 Å². The van der Waals surface area contributed by atoms with Crippen LogP contribution in [0.5, 0.6) is 0 Å². The third-order valence-corrected chi connectivity index (χ3v) is 5.33. The van der Waals surface area contributed by atoms with E-state index in [0.717, 1.165) is 17.0 Å². The number of hydrogen-bond acceptors (Lipinski definition) is 3. The zero-order valence-electron chi connectivity index (χ0n) is 17.1. The molecule has 0 fully saturated rings. The molecule has 2 aromatic carbocycles. The summed E-state index contributed by atoms with van der Waals surface area (Å²) in [5.74, 6) is 1.17. The zero-order chi connectivity index (χ0) is 20.4. The monoisotopic (exact) mass is 528 g/mol. The first-order valence-corrected chi connectivity index (χ1v) is 10.6. The largest absolute Gasteiger partial charge is 0.357 e. The average molecular weight is 528 g/mol. The molecule has 8 heteroatoms. The first-order valence-electron chi connectivity index (χ1n) is 9.27. The van der Waals surface area contributed by atoms with Gasteiger partial charge < -0.3 is 15.5 Å². The lowest BCUT2D eigenvalue weighted by Crippen LogP contribution is -2.39. The second-order valence-electron chi connectivity index (χ2n) is 6.38. The highest BCUT2D eigenvalue weighted by Gasteiger charge is 2.07. The Bertz CT molecular complexity index is 811. The number of rotatable bonds is 8. The summed E-state index contributed by atoms with van der Waals surface area (Å²) in [7, 11) is 2.44. The van der Waals surface area contributed by atoms with Crippen molar-refractivity contribution in [1.82, 2.24) is 15.5 Å². The van der Waals surface area contributed by atoms with E-state index >= 15 is 0 Å². The summed E-state index contributed by atoms with van der Waals surface area (Å²) in [6.45, 7) is 3.79. The molecule has 1 atom stereocenters. The summed E-state index contributed by atoms with van der Waals surface area (Å²) >= 11 is 0. The minimum Gasteiger partial charge on any atom is -0.357 e. The summed E-state index contributed by atoms with van der Waals surface area (Å²) in [5, 5.41) is 6.41. The Labute approximate surface area is 192 Å². The Morgan fingerprint density at radius 2 is 1.69 bits per heavy atom. The third kappa shape index (κ3) is 8.53. The van der Waals surface area contributed by atoms with Crippen LogP contribution in [0.15, 0.2) is 64.5 Å². The standard InChI is InChI=1S/C21H28N4O2S.HI/c1-4-22-21(23-14-15-28(27)19-8-6-5-7-9-19)24-16-17-10-12-18(13-11-17)20(26)25(2)3;/h5-13H,4,14-16H2,1-3H3,(H2,22,23,24);1H. The van der Waals surface area contributed by atoms with Gasteiger partial charge in [0.05, 0.1) is 17.3 Å². The van der Waals surface area contributed by atoms with Crippen LogP contribution >= 0.6 is 24.0 Å². The van der Waals surface area contributed by atoms with Crippen LogP contribution in [0.4, 0.5) is 0 Å². The maximum Gasteiger partial charge on any atom is 0.253 e. The fourth-order valence-corrected chi connectivity index (χ4v) is 3.46. The van der Waals surface area contributed by atoms with Gasteiger partial charge in [-0.1, -0.05) is 30.3 Å². The van der Waals surface area contributed by atoms with Crippen molar-refractivity contribution >= 4 is 46.6 Å². The van der Waals surface area contributed by atoms with E-state index < -0.39 is 10.8 Å². The molecule has 0 bridgehead atoms. The Morgan fingerprint density at radius 3 is 2.28 bits per heavy atom. The van der Waals surface area contributed by atoms with Crippen molar-refractivity contribution in [1.29, 1.82) is 0 Å². The molecule has 0 saturated heterocycles. The maximum atomic E-state index is 12.3. The number of aliphatic imine (C=N–C) groups is 1. The highest BCUT2D eigenvalue weighted by atomic mass is 127. The molecule has 0 saturated carbocycles. The number of carbonyl (C=O) groups excluding carboxylic acids is 1. The van der Waals surface area contributed by atoms with Crippen LogP contribution in [0.3, 0.4) is 0 Å². The van der Waals surface area contributed by atoms with E-state index in [2.05, 4.69) is 15.6 Å². The molecule has 6 nitrogen and oxygen atoms in total. The molecule has 0 aliphatic heterocycles. The molecule has 0 aliphatic carbocycles. The van der Waals surface area contributed by atoms with Crippen LogP contribution < -0.4 is 10.6 Å². The van der Waals surface area contributed by atoms with E-state index in [1.54, 1.807) is 19.0 Å². The van der Waals surface area contributed by atoms with Gasteiger partial charge in [-0.15, -0.1) is 24.0 Å². The molecule has 29 heavy (non-hydrogen) atoms. The van der Waals surface area contributed by atoms with E-state index in [1.165, 1.54) is 0 Å². The summed E-state index contributed by atoms with van der Waals surface area (Å²) in [6, 6.07) is 16.9. The molecule has 1 amide bonds. The number of nitrogens with zero attached hydrogens (tertiary/aromatic N) is 2. The number of benzene rings is 2. The number of amides is 1. The van der Waals surface area contributed by atoms with Crippen molar-refractivity contribution in [2.75, 3.05) is 32.9 Å². The van der Waals surface area contributed by atoms with Gasteiger partial charge in [0, 0.05) is 43.4 Å². The van der Waals surface area contributed by atoms with Crippen LogP contribution in [0.25, 0.3) is 0 Å². The van der Waals surface area contributed by atoms with E-state index in [-0.39, 0.29) is 29.9 Å². The Morgan fingerprint density at radius 1 is 1.03 bits per heavy atom. The number of halogens is 1. The van der Waals surface area contributed by atoms with E-state index in [1.807, 2.05) is 61.5 Å². The van der Waals surface area contributed by atoms with Gasteiger partial charge in [0.15, 0.2) is 5.96 Å². The molecule has 158 valence electrons. The second-order valence-corrected chi connectivity index (χ2v) is 7.95. The highest BCUT2D eigenvalue weighted by Crippen LogP contribution is 2.08. The van der Waals surface area contributed by atoms with Crippen LogP contribution in [-0.4, -0.2) is 53.9 Å². The third-order valence-electron chi connectivity index (χ3n) is 3.96. The Balaban J connectivity index is 0.00000420. The molecule has 2 N–H and O–H groups in total. The lowest BCUT2D eigenvalue weighted by atomic mass is 10.1. The van der Waals surface area contributed by atoms with Crippen molar-refractivity contribution in [3.8, 4) is 0 Å². The fraction of sp³-hybridized carbons (Fsp3) is 0.333. The van der Waals surface area contributed by atoms with Gasteiger partial charge in [-0.3, -0.25) is 9.00 Å². The molecular formula is C21H29IN4O2S. The van der Waals surface area contributed by atoms with Gasteiger partial charge in [0.1, 0.15) is 0 Å². The van der Waals surface area contributed by atoms with Gasteiger partial charge in [0.2, 0.25) is 0 Å². The summed E-state index contributed by atoms with van der Waals surface area (Å²) in [5.41, 5.74) is 1.67. The lowest BCUT2D eigenvalue weighted by molar-refractivity contribution is 0.0827. The molecule has 0 heterocycles. The van der Waals surface area contributed by atoms with Gasteiger partial charge >= 0.3 is 0 Å². The maximum absolute atomic E-state index is 12.3. The van der Waals surface area contributed by atoms with Crippen LogP contribution in [0, 0.1) is 0 Å². The van der Waals surface area contributed by atoms with Crippen molar-refractivity contribution in [3.05, 3.63) is 65.7 Å². The number of carbonyl (C=O) groups is 1. The molecule has 2 rings (SSSR count). The molecule has 0 radical (unpaired) electrons. The quantitative estimate of drug-likeness (QED) is 0.314. The second kappa shape index (κ2) is 13.3. The van der Waals surface area contributed by atoms with Crippen molar-refractivity contribution in [3.63, 3.8) is 0 Å². The number of guanidine groups is 1. The first-order chi connectivity index (χ1) is 13.5. The molecule has 0 aliphatic rings. The topological polar surface area (TPSA) is 73.8 Å². The predicted octanol–water partition coefficient (Wildman–Crippen LogP) is 2.87. The van der Waals surface area contributed by atoms with Crippen LogP contribution in [-0.2, 0) is 17.3 Å². The van der Waals surface area contributed by atoms with Gasteiger partial charge in [-0.25, -0.2) is 4.99 Å². The molecule has 2 aromatic rings.